The molecule has 0 saturated carbocycles. The van der Waals surface area contributed by atoms with E-state index in [1.165, 1.54) is 0 Å². The van der Waals surface area contributed by atoms with Crippen LogP contribution in [0, 0.1) is 5.92 Å². The number of hydrogen-bond acceptors (Lipinski definition) is 6. The number of carbonyl (C=O) groups is 2. The van der Waals surface area contributed by atoms with E-state index in [0.29, 0.717) is 22.7 Å². The maximum absolute atomic E-state index is 13.5. The summed E-state index contributed by atoms with van der Waals surface area (Å²) in [4.78, 5) is 34.0. The number of imide groups is 1. The number of ether oxygens (including phenoxy) is 1. The van der Waals surface area contributed by atoms with Gasteiger partial charge in [-0.3, -0.25) is 14.4 Å². The molecule has 7 heteroatoms. The van der Waals surface area contributed by atoms with Gasteiger partial charge in [-0.25, -0.2) is 9.96 Å². The number of nitrogens with zero attached hydrogens (tertiary/aromatic N) is 2. The second kappa shape index (κ2) is 7.45. The Kier molecular flexibility index (Phi) is 4.60. The molecule has 0 aliphatic carbocycles. The summed E-state index contributed by atoms with van der Waals surface area (Å²) in [5.41, 5.74) is 1.68. The Bertz CT molecular complexity index is 1130. The molecule has 156 valence electrons. The summed E-state index contributed by atoms with van der Waals surface area (Å²) in [6.45, 7) is 0. The number of methoxy groups -OCH3 is 1. The van der Waals surface area contributed by atoms with E-state index in [0.717, 1.165) is 4.90 Å². The van der Waals surface area contributed by atoms with Crippen molar-refractivity contribution >= 4 is 23.2 Å². The highest BCUT2D eigenvalue weighted by Gasteiger charge is 2.60. The van der Waals surface area contributed by atoms with Crippen LogP contribution in [0.25, 0.3) is 0 Å². The molecule has 0 bridgehead atoms. The molecule has 0 radical (unpaired) electrons. The summed E-state index contributed by atoms with van der Waals surface area (Å²) in [5, 5.41) is 12.1. The third-order valence-electron chi connectivity index (χ3n) is 5.71. The number of para-hydroxylation sites is 2. The van der Waals surface area contributed by atoms with Gasteiger partial charge in [0.15, 0.2) is 6.10 Å². The fourth-order valence-corrected chi connectivity index (χ4v) is 4.25. The lowest BCUT2D eigenvalue weighted by Crippen LogP contribution is -2.37. The van der Waals surface area contributed by atoms with Gasteiger partial charge in [-0.1, -0.05) is 36.4 Å². The van der Waals surface area contributed by atoms with E-state index in [9.17, 15) is 14.7 Å². The van der Waals surface area contributed by atoms with Crippen LogP contribution in [0.3, 0.4) is 0 Å². The number of fused-ring (bicyclic) bond motifs is 1. The SMILES string of the molecule is COc1ccc(N2C(=O)[C@H]3[C@@H](ON(c4ccccc4)[C@H]3c3ccccc3O)C2=O)cc1. The number of rotatable bonds is 4. The molecule has 2 fully saturated rings. The first-order chi connectivity index (χ1) is 15.1. The first kappa shape index (κ1) is 19.1. The van der Waals surface area contributed by atoms with Gasteiger partial charge in [0.2, 0.25) is 5.91 Å². The number of hydroxylamine groups is 1. The summed E-state index contributed by atoms with van der Waals surface area (Å²) < 4.78 is 5.16. The molecule has 2 heterocycles. The van der Waals surface area contributed by atoms with Crippen molar-refractivity contribution < 1.29 is 24.3 Å². The van der Waals surface area contributed by atoms with Gasteiger partial charge < -0.3 is 9.84 Å². The number of hydrogen-bond donors (Lipinski definition) is 1. The number of benzene rings is 3. The van der Waals surface area contributed by atoms with Gasteiger partial charge in [-0.15, -0.1) is 0 Å². The summed E-state index contributed by atoms with van der Waals surface area (Å²) >= 11 is 0. The van der Waals surface area contributed by atoms with Crippen molar-refractivity contribution in [3.05, 3.63) is 84.4 Å². The van der Waals surface area contributed by atoms with Gasteiger partial charge in [0.25, 0.3) is 5.91 Å². The maximum atomic E-state index is 13.5. The second-order valence-electron chi connectivity index (χ2n) is 7.43. The summed E-state index contributed by atoms with van der Waals surface area (Å²) in [6, 6.07) is 22.1. The molecule has 31 heavy (non-hydrogen) atoms. The highest BCUT2D eigenvalue weighted by Crippen LogP contribution is 2.49. The van der Waals surface area contributed by atoms with Gasteiger partial charge in [-0.2, -0.15) is 0 Å². The number of amides is 2. The van der Waals surface area contributed by atoms with E-state index in [-0.39, 0.29) is 11.7 Å². The average Bonchev–Trinajstić information content (AvgIpc) is 3.31. The van der Waals surface area contributed by atoms with Crippen molar-refractivity contribution in [2.24, 2.45) is 5.92 Å². The van der Waals surface area contributed by atoms with Crippen LogP contribution in [-0.2, 0) is 14.4 Å². The molecular formula is C24H20N2O5. The Balaban J connectivity index is 1.58. The van der Waals surface area contributed by atoms with Crippen LogP contribution in [0.5, 0.6) is 11.5 Å². The van der Waals surface area contributed by atoms with Crippen molar-refractivity contribution in [2.45, 2.75) is 12.1 Å². The van der Waals surface area contributed by atoms with Crippen LogP contribution in [0.2, 0.25) is 0 Å². The van der Waals surface area contributed by atoms with Crippen molar-refractivity contribution in [1.82, 2.24) is 0 Å². The number of anilines is 2. The molecule has 0 unspecified atom stereocenters. The quantitative estimate of drug-likeness (QED) is 0.657. The van der Waals surface area contributed by atoms with Crippen LogP contribution < -0.4 is 14.7 Å². The summed E-state index contributed by atoms with van der Waals surface area (Å²) in [5.74, 6) is -0.934. The lowest BCUT2D eigenvalue weighted by Gasteiger charge is -2.29. The Labute approximate surface area is 179 Å². The predicted molar refractivity (Wildman–Crippen MR) is 114 cm³/mol. The predicted octanol–water partition coefficient (Wildman–Crippen LogP) is 3.45. The molecule has 3 atom stereocenters. The first-order valence-electron chi connectivity index (χ1n) is 9.91. The normalized spacial score (nSPS) is 22.7. The van der Waals surface area contributed by atoms with E-state index in [1.807, 2.05) is 30.3 Å². The lowest BCUT2D eigenvalue weighted by molar-refractivity contribution is -0.126. The van der Waals surface area contributed by atoms with Crippen molar-refractivity contribution in [1.29, 1.82) is 0 Å². The molecule has 2 aliphatic rings. The first-order valence-corrected chi connectivity index (χ1v) is 9.91. The Morgan fingerprint density at radius 3 is 2.19 bits per heavy atom. The monoisotopic (exact) mass is 416 g/mol. The van der Waals surface area contributed by atoms with Gasteiger partial charge in [0, 0.05) is 5.56 Å². The Morgan fingerprint density at radius 2 is 1.52 bits per heavy atom. The number of aromatic hydroxyl groups is 1. The zero-order chi connectivity index (χ0) is 21.5. The molecule has 2 saturated heterocycles. The largest absolute Gasteiger partial charge is 0.508 e. The standard InChI is InChI=1S/C24H20N2O5/c1-30-17-13-11-15(12-14-17)25-23(28)20-21(18-9-5-6-10-19(18)27)26(31-22(20)24(25)29)16-7-3-2-4-8-16/h2-14,20-22,27H,1H3/t20-,21+,22-/m1/s1. The zero-order valence-corrected chi connectivity index (χ0v) is 16.7. The average molecular weight is 416 g/mol. The number of carbonyl (C=O) groups excluding carboxylic acids is 2. The fourth-order valence-electron chi connectivity index (χ4n) is 4.25. The number of phenols is 1. The molecule has 3 aromatic rings. The highest BCUT2D eigenvalue weighted by molar-refractivity contribution is 6.24. The highest BCUT2D eigenvalue weighted by atomic mass is 16.7. The van der Waals surface area contributed by atoms with Crippen molar-refractivity contribution in [3.8, 4) is 11.5 Å². The Hall–Kier alpha value is -3.84. The van der Waals surface area contributed by atoms with Gasteiger partial charge in [0.05, 0.1) is 24.5 Å². The van der Waals surface area contributed by atoms with E-state index >= 15 is 0 Å². The van der Waals surface area contributed by atoms with Crippen LogP contribution in [0.15, 0.2) is 78.9 Å². The summed E-state index contributed by atoms with van der Waals surface area (Å²) in [7, 11) is 1.55. The van der Waals surface area contributed by atoms with Crippen LogP contribution in [0.4, 0.5) is 11.4 Å². The lowest BCUT2D eigenvalue weighted by atomic mass is 9.90. The van der Waals surface area contributed by atoms with Gasteiger partial charge in [0.1, 0.15) is 17.4 Å². The van der Waals surface area contributed by atoms with Crippen LogP contribution >= 0.6 is 0 Å². The second-order valence-corrected chi connectivity index (χ2v) is 7.43. The molecule has 5 rings (SSSR count). The minimum atomic E-state index is -0.987. The third-order valence-corrected chi connectivity index (χ3v) is 5.71. The van der Waals surface area contributed by atoms with E-state index in [1.54, 1.807) is 60.7 Å². The molecule has 3 aromatic carbocycles. The van der Waals surface area contributed by atoms with E-state index < -0.39 is 24.0 Å². The van der Waals surface area contributed by atoms with Gasteiger partial charge in [-0.05, 0) is 42.5 Å². The molecule has 0 aromatic heterocycles. The third kappa shape index (κ3) is 3.02. The number of phenolic OH excluding ortho intramolecular Hbond substituents is 1. The minimum Gasteiger partial charge on any atom is -0.508 e. The zero-order valence-electron chi connectivity index (χ0n) is 16.7. The minimum absolute atomic E-state index is 0.0424. The Morgan fingerprint density at radius 1 is 0.839 bits per heavy atom. The molecule has 1 N–H and O–H groups in total. The maximum Gasteiger partial charge on any atom is 0.266 e. The molecule has 7 nitrogen and oxygen atoms in total. The summed E-state index contributed by atoms with van der Waals surface area (Å²) in [6.07, 6.45) is -0.987. The van der Waals surface area contributed by atoms with Gasteiger partial charge >= 0.3 is 0 Å². The van der Waals surface area contributed by atoms with Crippen LogP contribution in [-0.4, -0.2) is 30.1 Å². The topological polar surface area (TPSA) is 79.3 Å². The van der Waals surface area contributed by atoms with Crippen molar-refractivity contribution in [3.63, 3.8) is 0 Å². The molecule has 0 spiro atoms. The molecular weight excluding hydrogens is 396 g/mol. The van der Waals surface area contributed by atoms with Crippen molar-refractivity contribution in [2.75, 3.05) is 17.1 Å². The van der Waals surface area contributed by atoms with E-state index in [2.05, 4.69) is 0 Å². The van der Waals surface area contributed by atoms with Crippen LogP contribution in [0.1, 0.15) is 11.6 Å². The van der Waals surface area contributed by atoms with E-state index in [4.69, 9.17) is 9.57 Å². The smallest absolute Gasteiger partial charge is 0.266 e. The molecule has 2 aliphatic heterocycles. The fraction of sp³-hybridized carbons (Fsp3) is 0.167. The molecule has 2 amide bonds.